The number of hydrogen-bond acceptors (Lipinski definition) is 4. The van der Waals surface area contributed by atoms with Gasteiger partial charge in [0.25, 0.3) is 0 Å². The van der Waals surface area contributed by atoms with E-state index < -0.39 is 5.97 Å². The Balaban J connectivity index is 0.00000225. The number of aliphatic imine (C=N–C) groups is 1. The second-order valence-corrected chi connectivity index (χ2v) is 7.11. The summed E-state index contributed by atoms with van der Waals surface area (Å²) in [5.41, 5.74) is 4.42. The first-order valence-corrected chi connectivity index (χ1v) is 9.30. The first kappa shape index (κ1) is 20.2. The number of hydrogen-bond donors (Lipinski definition) is 1. The predicted octanol–water partition coefficient (Wildman–Crippen LogP) is 4.70. The van der Waals surface area contributed by atoms with Crippen molar-refractivity contribution in [2.24, 2.45) is 4.99 Å². The molecule has 28 heavy (non-hydrogen) atoms. The van der Waals surface area contributed by atoms with Crippen LogP contribution in [-0.2, 0) is 0 Å². The lowest BCUT2D eigenvalue weighted by Crippen LogP contribution is -2.29. The minimum Gasteiger partial charge on any atom is -0.493 e. The Hall–Kier alpha value is -2.53. The molecule has 1 aliphatic carbocycles. The van der Waals surface area contributed by atoms with Crippen LogP contribution in [0.25, 0.3) is 0 Å². The van der Waals surface area contributed by atoms with Gasteiger partial charge in [0.15, 0.2) is 11.5 Å². The second-order valence-electron chi connectivity index (χ2n) is 7.11. The fourth-order valence-corrected chi connectivity index (χ4v) is 4.27. The van der Waals surface area contributed by atoms with E-state index in [0.717, 1.165) is 35.4 Å². The van der Waals surface area contributed by atoms with Gasteiger partial charge in [-0.25, -0.2) is 4.79 Å². The molecule has 4 rings (SSSR count). The summed E-state index contributed by atoms with van der Waals surface area (Å²) in [6, 6.07) is 11.3. The van der Waals surface area contributed by atoms with Crippen LogP contribution in [0.5, 0.6) is 11.5 Å². The number of fused-ring (bicyclic) bond motifs is 3. The summed E-state index contributed by atoms with van der Waals surface area (Å²) >= 11 is 0. The van der Waals surface area contributed by atoms with Gasteiger partial charge in [0.1, 0.15) is 0 Å². The van der Waals surface area contributed by atoms with Gasteiger partial charge in [-0.05, 0) is 42.7 Å². The Labute approximate surface area is 170 Å². The molecule has 0 aromatic heterocycles. The average molecular weight is 402 g/mol. The molecular weight excluding hydrogens is 378 g/mol. The number of halogens is 1. The molecule has 0 radical (unpaired) electrons. The summed E-state index contributed by atoms with van der Waals surface area (Å²) in [6.07, 6.45) is 4.61. The number of aromatic carboxylic acids is 1. The minimum absolute atomic E-state index is 0. The highest BCUT2D eigenvalue weighted by atomic mass is 35.5. The Morgan fingerprint density at radius 3 is 2.32 bits per heavy atom. The molecule has 1 fully saturated rings. The summed E-state index contributed by atoms with van der Waals surface area (Å²) in [4.78, 5) is 16.3. The molecule has 2 aromatic carbocycles. The fourth-order valence-electron chi connectivity index (χ4n) is 4.27. The molecule has 1 heterocycles. The lowest BCUT2D eigenvalue weighted by Gasteiger charge is -2.35. The fraction of sp³-hybridized carbons (Fsp3) is 0.364. The van der Waals surface area contributed by atoms with E-state index in [2.05, 4.69) is 6.07 Å². The molecule has 0 amide bonds. The van der Waals surface area contributed by atoms with Crippen LogP contribution >= 0.6 is 12.4 Å². The van der Waals surface area contributed by atoms with Crippen molar-refractivity contribution in [1.29, 1.82) is 0 Å². The van der Waals surface area contributed by atoms with Crippen LogP contribution in [0.1, 0.15) is 58.6 Å². The minimum atomic E-state index is -0.925. The van der Waals surface area contributed by atoms with Crippen LogP contribution in [0.3, 0.4) is 0 Å². The van der Waals surface area contributed by atoms with E-state index in [1.54, 1.807) is 26.4 Å². The van der Waals surface area contributed by atoms with Gasteiger partial charge in [0.05, 0.1) is 31.5 Å². The molecule has 0 unspecified atom stereocenters. The molecule has 0 spiro atoms. The van der Waals surface area contributed by atoms with Crippen LogP contribution in [0.4, 0.5) is 0 Å². The number of carboxylic acids is 1. The maximum atomic E-state index is 11.2. The van der Waals surface area contributed by atoms with E-state index in [1.807, 2.05) is 18.2 Å². The van der Waals surface area contributed by atoms with Gasteiger partial charge < -0.3 is 14.6 Å². The van der Waals surface area contributed by atoms with Crippen molar-refractivity contribution in [2.75, 3.05) is 14.2 Å². The monoisotopic (exact) mass is 401 g/mol. The Morgan fingerprint density at radius 2 is 1.68 bits per heavy atom. The maximum absolute atomic E-state index is 11.2. The van der Waals surface area contributed by atoms with Gasteiger partial charge in [0.2, 0.25) is 0 Å². The van der Waals surface area contributed by atoms with Crippen LogP contribution in [0, 0.1) is 0 Å². The van der Waals surface area contributed by atoms with Crippen LogP contribution < -0.4 is 9.47 Å². The molecule has 0 bridgehead atoms. The molecule has 2 atom stereocenters. The van der Waals surface area contributed by atoms with Crippen molar-refractivity contribution in [3.05, 3.63) is 58.7 Å². The van der Waals surface area contributed by atoms with E-state index in [0.29, 0.717) is 11.7 Å². The van der Waals surface area contributed by atoms with E-state index in [9.17, 15) is 4.79 Å². The van der Waals surface area contributed by atoms with E-state index in [4.69, 9.17) is 19.6 Å². The molecular formula is C22H24ClNO4. The SMILES string of the molecule is COc1cc2c(cc1OC)[C@@H]1CCCC[C@@H]1N=C2c1ccc(C(=O)O)cc1.Cl. The summed E-state index contributed by atoms with van der Waals surface area (Å²) in [5.74, 6) is 0.894. The molecule has 148 valence electrons. The number of ether oxygens (including phenoxy) is 2. The highest BCUT2D eigenvalue weighted by molar-refractivity contribution is 6.15. The highest BCUT2D eigenvalue weighted by Crippen LogP contribution is 2.44. The number of rotatable bonds is 4. The third-order valence-electron chi connectivity index (χ3n) is 5.64. The number of benzene rings is 2. The van der Waals surface area contributed by atoms with Crippen molar-refractivity contribution >= 4 is 24.1 Å². The van der Waals surface area contributed by atoms with Gasteiger partial charge in [-0.1, -0.05) is 25.0 Å². The number of carboxylic acid groups (broad SMARTS) is 1. The number of carbonyl (C=O) groups is 1. The zero-order valence-electron chi connectivity index (χ0n) is 16.0. The summed E-state index contributed by atoms with van der Waals surface area (Å²) in [5, 5.41) is 9.16. The number of methoxy groups -OCH3 is 2. The second kappa shape index (κ2) is 8.23. The zero-order chi connectivity index (χ0) is 19.0. The molecule has 6 heteroatoms. The third-order valence-corrected chi connectivity index (χ3v) is 5.64. The Morgan fingerprint density at radius 1 is 1.04 bits per heavy atom. The molecule has 2 aromatic rings. The zero-order valence-corrected chi connectivity index (χ0v) is 16.8. The lowest BCUT2D eigenvalue weighted by molar-refractivity contribution is 0.0697. The Kier molecular flexibility index (Phi) is 5.94. The van der Waals surface area contributed by atoms with E-state index in [1.165, 1.54) is 18.4 Å². The predicted molar refractivity (Wildman–Crippen MR) is 111 cm³/mol. The third kappa shape index (κ3) is 3.47. The molecule has 1 aliphatic heterocycles. The maximum Gasteiger partial charge on any atom is 0.335 e. The van der Waals surface area contributed by atoms with Gasteiger partial charge in [0, 0.05) is 17.0 Å². The van der Waals surface area contributed by atoms with Crippen LogP contribution in [0.2, 0.25) is 0 Å². The van der Waals surface area contributed by atoms with Gasteiger partial charge >= 0.3 is 5.97 Å². The summed E-state index contributed by atoms with van der Waals surface area (Å²) in [6.45, 7) is 0. The van der Waals surface area contributed by atoms with Crippen molar-refractivity contribution in [2.45, 2.75) is 37.6 Å². The van der Waals surface area contributed by atoms with E-state index in [-0.39, 0.29) is 24.0 Å². The van der Waals surface area contributed by atoms with Crippen molar-refractivity contribution in [1.82, 2.24) is 0 Å². The van der Waals surface area contributed by atoms with Crippen molar-refractivity contribution in [3.63, 3.8) is 0 Å². The Bertz CT molecular complexity index is 907. The largest absolute Gasteiger partial charge is 0.493 e. The lowest BCUT2D eigenvalue weighted by atomic mass is 9.75. The molecule has 2 aliphatic rings. The first-order valence-electron chi connectivity index (χ1n) is 9.30. The average Bonchev–Trinajstić information content (AvgIpc) is 2.72. The topological polar surface area (TPSA) is 68.1 Å². The molecule has 1 N–H and O–H groups in total. The van der Waals surface area contributed by atoms with Gasteiger partial charge in [-0.15, -0.1) is 12.4 Å². The van der Waals surface area contributed by atoms with E-state index >= 15 is 0 Å². The quantitative estimate of drug-likeness (QED) is 0.806. The van der Waals surface area contributed by atoms with Gasteiger partial charge in [-0.3, -0.25) is 4.99 Å². The summed E-state index contributed by atoms with van der Waals surface area (Å²) in [7, 11) is 3.29. The highest BCUT2D eigenvalue weighted by Gasteiger charge is 2.34. The van der Waals surface area contributed by atoms with Crippen molar-refractivity contribution in [3.8, 4) is 11.5 Å². The summed E-state index contributed by atoms with van der Waals surface area (Å²) < 4.78 is 11.1. The first-order chi connectivity index (χ1) is 13.1. The normalized spacial score (nSPS) is 20.1. The van der Waals surface area contributed by atoms with Crippen LogP contribution in [0.15, 0.2) is 41.4 Å². The molecule has 5 nitrogen and oxygen atoms in total. The smallest absolute Gasteiger partial charge is 0.335 e. The molecule has 0 saturated heterocycles. The van der Waals surface area contributed by atoms with Crippen molar-refractivity contribution < 1.29 is 19.4 Å². The number of nitrogens with zero attached hydrogens (tertiary/aromatic N) is 1. The standard InChI is InChI=1S/C22H23NO4.ClH/c1-26-19-11-16-15-5-3-4-6-18(15)23-21(17(16)12-20(19)27-2)13-7-9-14(10-8-13)22(24)25;/h7-12,15,18H,3-6H2,1-2H3,(H,24,25);1H/t15-,18-;/m0./s1. The van der Waals surface area contributed by atoms with Crippen LogP contribution in [-0.4, -0.2) is 37.0 Å². The molecule has 1 saturated carbocycles. The van der Waals surface area contributed by atoms with Gasteiger partial charge in [-0.2, -0.15) is 0 Å².